The molecule has 6 nitrogen and oxygen atoms in total. The average molecular weight is 331 g/mol. The van der Waals surface area contributed by atoms with Gasteiger partial charge in [-0.2, -0.15) is 0 Å². The summed E-state index contributed by atoms with van der Waals surface area (Å²) in [5, 5.41) is 8.97. The Labute approximate surface area is 140 Å². The van der Waals surface area contributed by atoms with Gasteiger partial charge in [0.15, 0.2) is 6.61 Å². The molecule has 0 aliphatic carbocycles. The van der Waals surface area contributed by atoms with Crippen LogP contribution in [-0.4, -0.2) is 48.7 Å². The minimum atomic E-state index is -0.838. The predicted molar refractivity (Wildman–Crippen MR) is 88.8 cm³/mol. The Balaban J connectivity index is 1.67. The van der Waals surface area contributed by atoms with Crippen molar-refractivity contribution in [2.24, 2.45) is 5.92 Å². The molecule has 1 fully saturated rings. The van der Waals surface area contributed by atoms with Gasteiger partial charge in [0.1, 0.15) is 11.5 Å². The predicted octanol–water partition coefficient (Wildman–Crippen LogP) is 3.06. The third-order valence-electron chi connectivity index (χ3n) is 4.66. The average Bonchev–Trinajstić information content (AvgIpc) is 2.97. The summed E-state index contributed by atoms with van der Waals surface area (Å²) in [4.78, 5) is 24.2. The minimum absolute atomic E-state index is 0.0108. The number of carbonyl (C=O) groups excluding carboxylic acids is 1. The van der Waals surface area contributed by atoms with Gasteiger partial charge in [-0.15, -0.1) is 0 Å². The van der Waals surface area contributed by atoms with Crippen LogP contribution in [0.3, 0.4) is 0 Å². The first-order valence-electron chi connectivity index (χ1n) is 8.11. The number of benzene rings is 1. The number of nitrogens with zero attached hydrogens (tertiary/aromatic N) is 1. The Hall–Kier alpha value is -2.50. The quantitative estimate of drug-likeness (QED) is 0.917. The molecule has 2 aliphatic rings. The fraction of sp³-hybridized carbons (Fsp3) is 0.444. The third kappa shape index (κ3) is 3.22. The van der Waals surface area contributed by atoms with Crippen molar-refractivity contribution >= 4 is 18.0 Å². The number of hydrogen-bond acceptors (Lipinski definition) is 4. The molecule has 3 rings (SSSR count). The van der Waals surface area contributed by atoms with E-state index < -0.39 is 6.09 Å². The summed E-state index contributed by atoms with van der Waals surface area (Å²) in [5.41, 5.74) is 1.40. The number of piperidine rings is 1. The van der Waals surface area contributed by atoms with Gasteiger partial charge >= 0.3 is 6.09 Å². The van der Waals surface area contributed by atoms with Crippen LogP contribution in [0.5, 0.6) is 11.5 Å². The van der Waals surface area contributed by atoms with Gasteiger partial charge in [0.25, 0.3) is 0 Å². The molecule has 24 heavy (non-hydrogen) atoms. The van der Waals surface area contributed by atoms with Gasteiger partial charge in [0.2, 0.25) is 5.78 Å². The number of methoxy groups -OCH3 is 1. The second kappa shape index (κ2) is 6.95. The van der Waals surface area contributed by atoms with Crippen LogP contribution in [0.4, 0.5) is 4.79 Å². The number of Topliss-reactive ketones (excluding diaryl/α,β-unsaturated/α-hetero) is 1. The van der Waals surface area contributed by atoms with Crippen molar-refractivity contribution in [3.63, 3.8) is 0 Å². The van der Waals surface area contributed by atoms with E-state index >= 15 is 0 Å². The summed E-state index contributed by atoms with van der Waals surface area (Å²) in [6, 6.07) is 3.53. The van der Waals surface area contributed by atoms with Crippen molar-refractivity contribution in [1.29, 1.82) is 0 Å². The van der Waals surface area contributed by atoms with Crippen molar-refractivity contribution in [3.05, 3.63) is 29.3 Å². The zero-order valence-electron chi connectivity index (χ0n) is 13.7. The Morgan fingerprint density at radius 1 is 1.42 bits per heavy atom. The lowest BCUT2D eigenvalue weighted by Crippen LogP contribution is -2.37. The molecule has 0 radical (unpaired) electrons. The molecule has 1 aromatic rings. The normalized spacial score (nSPS) is 17.9. The monoisotopic (exact) mass is 331 g/mol. The van der Waals surface area contributed by atoms with Crippen LogP contribution >= 0.6 is 0 Å². The third-order valence-corrected chi connectivity index (χ3v) is 4.66. The number of carbonyl (C=O) groups is 2. The molecule has 0 saturated carbocycles. The van der Waals surface area contributed by atoms with E-state index in [1.165, 1.54) is 4.90 Å². The van der Waals surface area contributed by atoms with Crippen molar-refractivity contribution in [2.45, 2.75) is 19.3 Å². The van der Waals surface area contributed by atoms with Crippen LogP contribution in [0, 0.1) is 5.92 Å². The number of ketones is 1. The van der Waals surface area contributed by atoms with Crippen molar-refractivity contribution in [2.75, 3.05) is 26.8 Å². The molecule has 0 aromatic heterocycles. The maximum absolute atomic E-state index is 11.8. The van der Waals surface area contributed by atoms with E-state index in [0.717, 1.165) is 24.8 Å². The number of allylic oxidation sites excluding steroid dienone is 1. The molecule has 0 unspecified atom stereocenters. The molecular formula is C18H21NO5. The second-order valence-corrected chi connectivity index (χ2v) is 6.12. The zero-order valence-corrected chi connectivity index (χ0v) is 13.7. The SMILES string of the molecule is COc1ccc2c(c1C=CCC1CCN(C(=O)O)CC1)OCC2=O. The van der Waals surface area contributed by atoms with Gasteiger partial charge in [-0.25, -0.2) is 4.79 Å². The topological polar surface area (TPSA) is 76.1 Å². The maximum atomic E-state index is 11.8. The van der Waals surface area contributed by atoms with Gasteiger partial charge < -0.3 is 19.5 Å². The fourth-order valence-corrected chi connectivity index (χ4v) is 3.25. The lowest BCUT2D eigenvalue weighted by atomic mass is 9.93. The number of carboxylic acid groups (broad SMARTS) is 1. The summed E-state index contributed by atoms with van der Waals surface area (Å²) in [5.74, 6) is 1.74. The van der Waals surface area contributed by atoms with Crippen LogP contribution in [0.25, 0.3) is 6.08 Å². The number of amides is 1. The fourth-order valence-electron chi connectivity index (χ4n) is 3.25. The number of hydrogen-bond donors (Lipinski definition) is 1. The van der Waals surface area contributed by atoms with E-state index in [1.807, 2.05) is 6.08 Å². The molecule has 128 valence electrons. The Morgan fingerprint density at radius 2 is 2.17 bits per heavy atom. The summed E-state index contributed by atoms with van der Waals surface area (Å²) >= 11 is 0. The molecule has 1 N–H and O–H groups in total. The van der Waals surface area contributed by atoms with Gasteiger partial charge in [0.05, 0.1) is 18.2 Å². The summed E-state index contributed by atoms with van der Waals surface area (Å²) in [6.07, 6.45) is 5.78. The summed E-state index contributed by atoms with van der Waals surface area (Å²) in [6.45, 7) is 1.27. The first-order chi connectivity index (χ1) is 11.6. The van der Waals surface area contributed by atoms with Crippen LogP contribution < -0.4 is 9.47 Å². The highest BCUT2D eigenvalue weighted by Gasteiger charge is 2.25. The standard InChI is InChI=1S/C18H21NO5/c1-23-16-6-5-13-15(20)11-24-17(13)14(16)4-2-3-12-7-9-19(10-8-12)18(21)22/h2,4-6,12H,3,7-11H2,1H3,(H,21,22). The summed E-state index contributed by atoms with van der Waals surface area (Å²) < 4.78 is 10.9. The van der Waals surface area contributed by atoms with Gasteiger partial charge in [-0.05, 0) is 37.3 Å². The van der Waals surface area contributed by atoms with E-state index in [4.69, 9.17) is 14.6 Å². The lowest BCUT2D eigenvalue weighted by Gasteiger charge is -2.29. The molecule has 0 spiro atoms. The van der Waals surface area contributed by atoms with Crippen LogP contribution in [-0.2, 0) is 0 Å². The Kier molecular flexibility index (Phi) is 4.74. The minimum Gasteiger partial charge on any atom is -0.496 e. The maximum Gasteiger partial charge on any atom is 0.407 e. The Bertz CT molecular complexity index is 674. The molecule has 1 aromatic carbocycles. The number of rotatable bonds is 4. The second-order valence-electron chi connectivity index (χ2n) is 6.12. The molecule has 2 aliphatic heterocycles. The zero-order chi connectivity index (χ0) is 17.1. The van der Waals surface area contributed by atoms with Crippen molar-refractivity contribution in [3.8, 4) is 11.5 Å². The van der Waals surface area contributed by atoms with E-state index in [9.17, 15) is 9.59 Å². The molecule has 2 heterocycles. The highest BCUT2D eigenvalue weighted by molar-refractivity contribution is 6.03. The first kappa shape index (κ1) is 16.4. The summed E-state index contributed by atoms with van der Waals surface area (Å²) in [7, 11) is 1.59. The van der Waals surface area contributed by atoms with Crippen LogP contribution in [0.2, 0.25) is 0 Å². The highest BCUT2D eigenvalue weighted by Crippen LogP contribution is 2.37. The van der Waals surface area contributed by atoms with Crippen molar-refractivity contribution in [1.82, 2.24) is 4.90 Å². The van der Waals surface area contributed by atoms with Gasteiger partial charge in [-0.1, -0.05) is 12.2 Å². The number of fused-ring (bicyclic) bond motifs is 1. The van der Waals surface area contributed by atoms with Gasteiger partial charge in [-0.3, -0.25) is 4.79 Å². The van der Waals surface area contributed by atoms with E-state index in [-0.39, 0.29) is 12.4 Å². The smallest absolute Gasteiger partial charge is 0.407 e. The van der Waals surface area contributed by atoms with Crippen molar-refractivity contribution < 1.29 is 24.2 Å². The first-order valence-corrected chi connectivity index (χ1v) is 8.11. The lowest BCUT2D eigenvalue weighted by molar-refractivity contribution is 0.0961. The van der Waals surface area contributed by atoms with E-state index in [0.29, 0.717) is 36.1 Å². The number of ether oxygens (including phenoxy) is 2. The largest absolute Gasteiger partial charge is 0.496 e. The highest BCUT2D eigenvalue weighted by atomic mass is 16.5. The van der Waals surface area contributed by atoms with Crippen LogP contribution in [0.1, 0.15) is 35.2 Å². The molecular weight excluding hydrogens is 310 g/mol. The van der Waals surface area contributed by atoms with E-state index in [2.05, 4.69) is 6.08 Å². The molecule has 1 amide bonds. The molecule has 1 saturated heterocycles. The molecule has 0 bridgehead atoms. The van der Waals surface area contributed by atoms with Gasteiger partial charge in [0, 0.05) is 13.1 Å². The van der Waals surface area contributed by atoms with E-state index in [1.54, 1.807) is 19.2 Å². The Morgan fingerprint density at radius 3 is 2.83 bits per heavy atom. The molecule has 6 heteroatoms. The van der Waals surface area contributed by atoms with Crippen LogP contribution in [0.15, 0.2) is 18.2 Å². The molecule has 0 atom stereocenters. The number of likely N-dealkylation sites (tertiary alicyclic amines) is 1.